The highest BCUT2D eigenvalue weighted by molar-refractivity contribution is 8.00. The van der Waals surface area contributed by atoms with E-state index in [1.54, 1.807) is 24.3 Å². The molecule has 0 aliphatic carbocycles. The van der Waals surface area contributed by atoms with Crippen LogP contribution in [0.5, 0.6) is 0 Å². The van der Waals surface area contributed by atoms with Crippen molar-refractivity contribution in [3.05, 3.63) is 46.4 Å². The van der Waals surface area contributed by atoms with Gasteiger partial charge in [-0.25, -0.2) is 9.89 Å². The van der Waals surface area contributed by atoms with Gasteiger partial charge in [-0.05, 0) is 5.56 Å². The van der Waals surface area contributed by atoms with Crippen LogP contribution in [-0.4, -0.2) is 25.8 Å². The standard InChI is InChI=1S/C11H11N3O3S/c1-14-10(17)12-13-11(14)18-8(9(15)16)7-5-3-2-4-6-7/h2-6,8H,1H3,(H,12,17)(H,15,16). The number of aliphatic carboxylic acids is 1. The minimum atomic E-state index is -0.971. The van der Waals surface area contributed by atoms with E-state index >= 15 is 0 Å². The van der Waals surface area contributed by atoms with Gasteiger partial charge in [0.25, 0.3) is 0 Å². The molecular weight excluding hydrogens is 254 g/mol. The van der Waals surface area contributed by atoms with Gasteiger partial charge in [0, 0.05) is 7.05 Å². The van der Waals surface area contributed by atoms with E-state index in [1.807, 2.05) is 6.07 Å². The Morgan fingerprint density at radius 2 is 2.11 bits per heavy atom. The third-order valence-electron chi connectivity index (χ3n) is 2.39. The highest BCUT2D eigenvalue weighted by Gasteiger charge is 2.23. The van der Waals surface area contributed by atoms with Crippen molar-refractivity contribution in [2.45, 2.75) is 10.4 Å². The average Bonchev–Trinajstić information content (AvgIpc) is 2.68. The predicted octanol–water partition coefficient (Wildman–Crippen LogP) is 1.03. The Bertz CT molecular complexity index is 605. The van der Waals surface area contributed by atoms with Gasteiger partial charge in [-0.1, -0.05) is 42.1 Å². The molecule has 2 N–H and O–H groups in total. The van der Waals surface area contributed by atoms with Crippen LogP contribution in [0.25, 0.3) is 0 Å². The van der Waals surface area contributed by atoms with Gasteiger partial charge in [-0.2, -0.15) is 0 Å². The largest absolute Gasteiger partial charge is 0.480 e. The molecule has 1 atom stereocenters. The molecule has 2 rings (SSSR count). The molecule has 0 radical (unpaired) electrons. The smallest absolute Gasteiger partial charge is 0.343 e. The first-order chi connectivity index (χ1) is 8.59. The molecule has 0 saturated heterocycles. The van der Waals surface area contributed by atoms with Gasteiger partial charge >= 0.3 is 11.7 Å². The predicted molar refractivity (Wildman–Crippen MR) is 66.5 cm³/mol. The molecule has 7 heteroatoms. The van der Waals surface area contributed by atoms with Crippen molar-refractivity contribution in [1.29, 1.82) is 0 Å². The van der Waals surface area contributed by atoms with E-state index in [-0.39, 0.29) is 5.69 Å². The van der Waals surface area contributed by atoms with Crippen LogP contribution in [0.3, 0.4) is 0 Å². The number of aromatic amines is 1. The summed E-state index contributed by atoms with van der Waals surface area (Å²) in [5.41, 5.74) is 0.292. The summed E-state index contributed by atoms with van der Waals surface area (Å²) in [5.74, 6) is -0.971. The second kappa shape index (κ2) is 5.09. The lowest BCUT2D eigenvalue weighted by atomic mass is 10.1. The van der Waals surface area contributed by atoms with Crippen LogP contribution in [0.4, 0.5) is 0 Å². The SMILES string of the molecule is Cn1c(SC(C(=O)O)c2ccccc2)n[nH]c1=O. The van der Waals surface area contributed by atoms with E-state index in [9.17, 15) is 14.7 Å². The average molecular weight is 265 g/mol. The van der Waals surface area contributed by atoms with Gasteiger partial charge < -0.3 is 5.11 Å². The number of hydrogen-bond donors (Lipinski definition) is 2. The lowest BCUT2D eigenvalue weighted by Crippen LogP contribution is -2.14. The van der Waals surface area contributed by atoms with Crippen LogP contribution < -0.4 is 5.69 Å². The summed E-state index contributed by atoms with van der Waals surface area (Å²) in [7, 11) is 1.54. The lowest BCUT2D eigenvalue weighted by molar-refractivity contribution is -0.136. The van der Waals surface area contributed by atoms with E-state index in [1.165, 1.54) is 11.6 Å². The van der Waals surface area contributed by atoms with E-state index in [0.717, 1.165) is 11.8 Å². The molecule has 0 spiro atoms. The first-order valence-electron chi connectivity index (χ1n) is 5.15. The van der Waals surface area contributed by atoms with Gasteiger partial charge in [0.2, 0.25) is 0 Å². The highest BCUT2D eigenvalue weighted by atomic mass is 32.2. The molecule has 0 amide bonds. The monoisotopic (exact) mass is 265 g/mol. The number of nitrogens with one attached hydrogen (secondary N) is 1. The van der Waals surface area contributed by atoms with Crippen molar-refractivity contribution >= 4 is 17.7 Å². The molecule has 1 aromatic carbocycles. The third-order valence-corrected chi connectivity index (χ3v) is 3.67. The number of H-pyrrole nitrogens is 1. The van der Waals surface area contributed by atoms with Crippen LogP contribution in [-0.2, 0) is 11.8 Å². The summed E-state index contributed by atoms with van der Waals surface area (Å²) in [6.07, 6.45) is 0. The molecule has 18 heavy (non-hydrogen) atoms. The maximum absolute atomic E-state index is 11.3. The highest BCUT2D eigenvalue weighted by Crippen LogP contribution is 2.33. The van der Waals surface area contributed by atoms with E-state index in [0.29, 0.717) is 10.7 Å². The van der Waals surface area contributed by atoms with Crippen LogP contribution in [0.1, 0.15) is 10.8 Å². The van der Waals surface area contributed by atoms with Crippen molar-refractivity contribution in [2.75, 3.05) is 0 Å². The first-order valence-corrected chi connectivity index (χ1v) is 6.03. The van der Waals surface area contributed by atoms with Gasteiger partial charge in [-0.3, -0.25) is 9.36 Å². The third kappa shape index (κ3) is 2.45. The molecule has 0 aliphatic rings. The Hall–Kier alpha value is -2.02. The van der Waals surface area contributed by atoms with Crippen molar-refractivity contribution in [1.82, 2.24) is 14.8 Å². The van der Waals surface area contributed by atoms with Crippen molar-refractivity contribution in [2.24, 2.45) is 7.05 Å². The number of carboxylic acid groups (broad SMARTS) is 1. The maximum Gasteiger partial charge on any atom is 0.343 e. The fraction of sp³-hybridized carbons (Fsp3) is 0.182. The summed E-state index contributed by atoms with van der Waals surface area (Å²) in [5, 5.41) is 14.9. The molecular formula is C11H11N3O3S. The summed E-state index contributed by atoms with van der Waals surface area (Å²) >= 11 is 1.02. The van der Waals surface area contributed by atoms with Crippen LogP contribution in [0.2, 0.25) is 0 Å². The van der Waals surface area contributed by atoms with E-state index in [4.69, 9.17) is 0 Å². The topological polar surface area (TPSA) is 88.0 Å². The molecule has 2 aromatic rings. The van der Waals surface area contributed by atoms with Crippen LogP contribution in [0.15, 0.2) is 40.3 Å². The maximum atomic E-state index is 11.3. The molecule has 1 heterocycles. The zero-order valence-corrected chi connectivity index (χ0v) is 10.3. The normalized spacial score (nSPS) is 12.3. The molecule has 1 unspecified atom stereocenters. The summed E-state index contributed by atoms with van der Waals surface area (Å²) in [4.78, 5) is 22.5. The van der Waals surface area contributed by atoms with Crippen molar-refractivity contribution < 1.29 is 9.90 Å². The molecule has 6 nitrogen and oxygen atoms in total. The number of rotatable bonds is 4. The summed E-state index contributed by atoms with van der Waals surface area (Å²) in [6, 6.07) is 8.83. The van der Waals surface area contributed by atoms with Gasteiger partial charge in [0.05, 0.1) is 0 Å². The zero-order valence-electron chi connectivity index (χ0n) is 9.53. The number of carboxylic acids is 1. The quantitative estimate of drug-likeness (QED) is 0.806. The van der Waals surface area contributed by atoms with Gasteiger partial charge in [0.1, 0.15) is 5.25 Å². The molecule has 0 aliphatic heterocycles. The van der Waals surface area contributed by atoms with Crippen molar-refractivity contribution in [3.63, 3.8) is 0 Å². The van der Waals surface area contributed by atoms with Gasteiger partial charge in [-0.15, -0.1) is 5.10 Å². The lowest BCUT2D eigenvalue weighted by Gasteiger charge is -2.10. The van der Waals surface area contributed by atoms with Crippen molar-refractivity contribution in [3.8, 4) is 0 Å². The van der Waals surface area contributed by atoms with E-state index in [2.05, 4.69) is 10.2 Å². The Morgan fingerprint density at radius 3 is 2.61 bits per heavy atom. The van der Waals surface area contributed by atoms with Crippen LogP contribution >= 0.6 is 11.8 Å². The number of nitrogens with zero attached hydrogens (tertiary/aromatic N) is 2. The van der Waals surface area contributed by atoms with Crippen LogP contribution in [0, 0.1) is 0 Å². The molecule has 0 bridgehead atoms. The number of thioether (sulfide) groups is 1. The second-order valence-corrected chi connectivity index (χ2v) is 4.69. The Balaban J connectivity index is 2.31. The summed E-state index contributed by atoms with van der Waals surface area (Å²) in [6.45, 7) is 0. The zero-order chi connectivity index (χ0) is 13.1. The fourth-order valence-corrected chi connectivity index (χ4v) is 2.38. The molecule has 94 valence electrons. The first kappa shape index (κ1) is 12.4. The fourth-order valence-electron chi connectivity index (χ4n) is 1.43. The minimum absolute atomic E-state index is 0.344. The molecule has 0 fully saturated rings. The molecule has 1 aromatic heterocycles. The number of carbonyl (C=O) groups is 1. The number of hydrogen-bond acceptors (Lipinski definition) is 4. The minimum Gasteiger partial charge on any atom is -0.480 e. The summed E-state index contributed by atoms with van der Waals surface area (Å²) < 4.78 is 1.28. The molecule has 0 saturated carbocycles. The number of aromatic nitrogens is 3. The Morgan fingerprint density at radius 1 is 1.44 bits per heavy atom. The Labute approximate surface area is 107 Å². The van der Waals surface area contributed by atoms with Gasteiger partial charge in [0.15, 0.2) is 5.16 Å². The second-order valence-electron chi connectivity index (χ2n) is 3.62. The van der Waals surface area contributed by atoms with E-state index < -0.39 is 11.2 Å². The Kier molecular flexibility index (Phi) is 3.52. The number of benzene rings is 1.